The molecule has 1 atom stereocenters. The summed E-state index contributed by atoms with van der Waals surface area (Å²) in [5.74, 6) is 1.24. The van der Waals surface area contributed by atoms with Crippen molar-refractivity contribution in [1.29, 1.82) is 0 Å². The number of nitrogens with one attached hydrogen (secondary N) is 2. The SMILES string of the molecule is CCCCSc1n[n+]2c(c(=O)[nH]1)-c1ccccc1N[C@H]2c1cc(Br)c(O)c(OC)c1. The highest BCUT2D eigenvalue weighted by Gasteiger charge is 2.38. The lowest BCUT2D eigenvalue weighted by molar-refractivity contribution is -0.759. The third kappa shape index (κ3) is 3.79. The number of ether oxygens (including phenoxy) is 1. The summed E-state index contributed by atoms with van der Waals surface area (Å²) >= 11 is 4.92. The van der Waals surface area contributed by atoms with Crippen molar-refractivity contribution in [2.45, 2.75) is 31.1 Å². The number of nitrogens with zero attached hydrogens (tertiary/aromatic N) is 2. The van der Waals surface area contributed by atoms with Gasteiger partial charge in [0.15, 0.2) is 11.5 Å². The average molecular weight is 490 g/mol. The van der Waals surface area contributed by atoms with Crippen LogP contribution in [-0.4, -0.2) is 28.1 Å². The van der Waals surface area contributed by atoms with E-state index in [2.05, 4.69) is 33.2 Å². The number of thioether (sulfide) groups is 1. The van der Waals surface area contributed by atoms with Crippen LogP contribution in [-0.2, 0) is 0 Å². The Morgan fingerprint density at radius 1 is 1.33 bits per heavy atom. The largest absolute Gasteiger partial charge is 0.503 e. The van der Waals surface area contributed by atoms with Crippen LogP contribution in [0.2, 0.25) is 0 Å². The van der Waals surface area contributed by atoms with Crippen molar-refractivity contribution in [2.75, 3.05) is 18.2 Å². The fourth-order valence-corrected chi connectivity index (χ4v) is 4.80. The van der Waals surface area contributed by atoms with E-state index in [4.69, 9.17) is 9.84 Å². The lowest BCUT2D eigenvalue weighted by atomic mass is 10.0. The fourth-order valence-electron chi connectivity index (χ4n) is 3.40. The molecule has 7 nitrogen and oxygen atoms in total. The van der Waals surface area contributed by atoms with Crippen LogP contribution in [0.3, 0.4) is 0 Å². The number of fused-ring (bicyclic) bond motifs is 3. The van der Waals surface area contributed by atoms with Gasteiger partial charge in [-0.25, -0.2) is 0 Å². The molecule has 0 unspecified atom stereocenters. The molecule has 1 aromatic heterocycles. The van der Waals surface area contributed by atoms with Gasteiger partial charge in [0, 0.05) is 16.4 Å². The number of phenols is 1. The number of H-pyrrole nitrogens is 1. The highest BCUT2D eigenvalue weighted by Crippen LogP contribution is 2.39. The second kappa shape index (κ2) is 8.69. The van der Waals surface area contributed by atoms with Crippen molar-refractivity contribution in [2.24, 2.45) is 0 Å². The van der Waals surface area contributed by atoms with Crippen molar-refractivity contribution >= 4 is 33.4 Å². The van der Waals surface area contributed by atoms with E-state index in [9.17, 15) is 9.90 Å². The summed E-state index contributed by atoms with van der Waals surface area (Å²) in [5, 5.41) is 19.0. The molecular formula is C21H22BrN4O3S+. The second-order valence-electron chi connectivity index (χ2n) is 6.90. The summed E-state index contributed by atoms with van der Waals surface area (Å²) < 4.78 is 7.54. The van der Waals surface area contributed by atoms with Crippen LogP contribution in [0.25, 0.3) is 11.3 Å². The third-order valence-corrected chi connectivity index (χ3v) is 6.46. The number of hydrogen-bond acceptors (Lipinski definition) is 6. The van der Waals surface area contributed by atoms with E-state index in [-0.39, 0.29) is 11.3 Å². The summed E-state index contributed by atoms with van der Waals surface area (Å²) in [6.45, 7) is 2.13. The number of anilines is 1. The molecule has 9 heteroatoms. The van der Waals surface area contributed by atoms with Crippen LogP contribution in [0.1, 0.15) is 31.5 Å². The zero-order valence-electron chi connectivity index (χ0n) is 16.6. The van der Waals surface area contributed by atoms with Gasteiger partial charge in [0.2, 0.25) is 5.16 Å². The molecule has 4 rings (SSSR count). The normalized spacial score (nSPS) is 14.6. The molecule has 0 saturated heterocycles. The van der Waals surface area contributed by atoms with Gasteiger partial charge in [-0.2, -0.15) is 0 Å². The zero-order chi connectivity index (χ0) is 21.3. The quantitative estimate of drug-likeness (QED) is 0.274. The van der Waals surface area contributed by atoms with Gasteiger partial charge >= 0.3 is 11.3 Å². The first kappa shape index (κ1) is 20.7. The Morgan fingerprint density at radius 2 is 2.13 bits per heavy atom. The number of para-hydroxylation sites is 1. The molecule has 2 aromatic carbocycles. The topological polar surface area (TPSA) is 91.1 Å². The average Bonchev–Trinajstić information content (AvgIpc) is 2.75. The molecular weight excluding hydrogens is 468 g/mol. The van der Waals surface area contributed by atoms with Gasteiger partial charge in [0.25, 0.3) is 6.17 Å². The molecule has 0 amide bonds. The Kier molecular flexibility index (Phi) is 6.01. The van der Waals surface area contributed by atoms with Crippen LogP contribution in [0.4, 0.5) is 5.69 Å². The van der Waals surface area contributed by atoms with Gasteiger partial charge in [0.05, 0.1) is 22.8 Å². The highest BCUT2D eigenvalue weighted by molar-refractivity contribution is 9.10. The Bertz CT molecular complexity index is 1150. The summed E-state index contributed by atoms with van der Waals surface area (Å²) in [7, 11) is 1.50. The molecule has 0 fully saturated rings. The van der Waals surface area contributed by atoms with Gasteiger partial charge in [-0.1, -0.05) is 37.2 Å². The van der Waals surface area contributed by atoms with Crippen LogP contribution >= 0.6 is 27.7 Å². The third-order valence-electron chi connectivity index (χ3n) is 4.91. The number of aromatic hydroxyl groups is 1. The lowest BCUT2D eigenvalue weighted by Gasteiger charge is -2.23. The number of benzene rings is 2. The maximum Gasteiger partial charge on any atom is 0.325 e. The van der Waals surface area contributed by atoms with Crippen LogP contribution in [0, 0.1) is 0 Å². The van der Waals surface area contributed by atoms with E-state index in [1.54, 1.807) is 16.8 Å². The maximum absolute atomic E-state index is 13.1. The van der Waals surface area contributed by atoms with E-state index < -0.39 is 6.17 Å². The number of unbranched alkanes of at least 4 members (excludes halogenated alkanes) is 1. The second-order valence-corrected chi connectivity index (χ2v) is 8.84. The summed E-state index contributed by atoms with van der Waals surface area (Å²) in [4.78, 5) is 16.0. The van der Waals surface area contributed by atoms with Gasteiger partial charge in [-0.15, -0.1) is 0 Å². The number of aromatic nitrogens is 3. The first-order chi connectivity index (χ1) is 14.5. The maximum atomic E-state index is 13.1. The van der Waals surface area contributed by atoms with E-state index >= 15 is 0 Å². The van der Waals surface area contributed by atoms with Crippen molar-refractivity contribution in [3.63, 3.8) is 0 Å². The Balaban J connectivity index is 1.89. The molecule has 0 spiro atoms. The molecule has 156 valence electrons. The van der Waals surface area contributed by atoms with Crippen LogP contribution in [0.15, 0.2) is 50.8 Å². The van der Waals surface area contributed by atoms with Crippen LogP contribution in [0.5, 0.6) is 11.5 Å². The van der Waals surface area contributed by atoms with Gasteiger partial charge in [0.1, 0.15) is 0 Å². The number of hydrogen-bond donors (Lipinski definition) is 3. The molecule has 0 saturated carbocycles. The highest BCUT2D eigenvalue weighted by atomic mass is 79.9. The standard InChI is InChI=1S/C21H21BrN4O3S/c1-3-4-9-30-21-24-20(28)17-13-7-5-6-8-15(13)23-19(26(17)25-21)12-10-14(22)18(27)16(11-12)29-2/h5-8,10-11,19H,3-4,9H2,1-2H3,(H2,24,25,27,28)/p+1/t19-/m1/s1. The number of halogens is 1. The summed E-state index contributed by atoms with van der Waals surface area (Å²) in [6.07, 6.45) is 1.67. The minimum Gasteiger partial charge on any atom is -0.503 e. The fraction of sp³-hybridized carbons (Fsp3) is 0.286. The molecule has 3 aromatic rings. The first-order valence-electron chi connectivity index (χ1n) is 9.64. The Hall–Kier alpha value is -2.52. The predicted octanol–water partition coefficient (Wildman–Crippen LogP) is 4.07. The molecule has 3 N–H and O–H groups in total. The molecule has 30 heavy (non-hydrogen) atoms. The van der Waals surface area contributed by atoms with Gasteiger partial charge in [-0.05, 0) is 51.3 Å². The van der Waals surface area contributed by atoms with Crippen molar-refractivity contribution < 1.29 is 14.5 Å². The zero-order valence-corrected chi connectivity index (χ0v) is 19.0. The van der Waals surface area contributed by atoms with E-state index in [1.165, 1.54) is 18.9 Å². The van der Waals surface area contributed by atoms with E-state index in [0.717, 1.165) is 35.4 Å². The minimum absolute atomic E-state index is 0.0253. The van der Waals surface area contributed by atoms with Crippen molar-refractivity contribution in [3.05, 3.63) is 56.8 Å². The van der Waals surface area contributed by atoms with Crippen molar-refractivity contribution in [3.8, 4) is 22.8 Å². The first-order valence-corrected chi connectivity index (χ1v) is 11.4. The molecule has 0 radical (unpaired) electrons. The smallest absolute Gasteiger partial charge is 0.325 e. The Labute approximate surface area is 186 Å². The molecule has 0 bridgehead atoms. The number of rotatable bonds is 6. The lowest BCUT2D eigenvalue weighted by Crippen LogP contribution is -2.55. The van der Waals surface area contributed by atoms with Gasteiger partial charge in [-0.3, -0.25) is 9.78 Å². The molecule has 2 heterocycles. The number of phenolic OH excluding ortho intramolecular Hbond substituents is 1. The number of methoxy groups -OCH3 is 1. The summed E-state index contributed by atoms with van der Waals surface area (Å²) in [6, 6.07) is 11.2. The predicted molar refractivity (Wildman–Crippen MR) is 120 cm³/mol. The monoisotopic (exact) mass is 489 g/mol. The Morgan fingerprint density at radius 3 is 2.90 bits per heavy atom. The van der Waals surface area contributed by atoms with Gasteiger partial charge < -0.3 is 15.2 Å². The molecule has 0 aliphatic carbocycles. The molecule has 1 aliphatic rings. The number of aromatic amines is 1. The van der Waals surface area contributed by atoms with E-state index in [1.807, 2.05) is 24.3 Å². The van der Waals surface area contributed by atoms with Crippen LogP contribution < -0.4 is 20.3 Å². The van der Waals surface area contributed by atoms with E-state index in [0.29, 0.717) is 21.1 Å². The minimum atomic E-state index is -0.450. The van der Waals surface area contributed by atoms with Crippen molar-refractivity contribution in [1.82, 2.24) is 10.1 Å². The molecule has 1 aliphatic heterocycles. The summed E-state index contributed by atoms with van der Waals surface area (Å²) in [5.41, 5.74) is 2.71.